The topological polar surface area (TPSA) is 89.3 Å². The number of nitrogens with one attached hydrogen (secondary N) is 1. The van der Waals surface area contributed by atoms with Gasteiger partial charge in [-0.2, -0.15) is 10.2 Å². The number of hydrogen-bond donors (Lipinski definition) is 1. The van der Waals surface area contributed by atoms with Gasteiger partial charge in [0.1, 0.15) is 11.8 Å². The molecule has 0 aliphatic rings. The first-order valence-corrected chi connectivity index (χ1v) is 16.2. The van der Waals surface area contributed by atoms with E-state index in [0.29, 0.717) is 17.9 Å². The minimum Gasteiger partial charge on any atom is -0.494 e. The Hall–Kier alpha value is -3.26. The molecule has 1 amide bonds. The summed E-state index contributed by atoms with van der Waals surface area (Å²) < 4.78 is 12.2. The van der Waals surface area contributed by atoms with E-state index < -0.39 is 12.0 Å². The highest BCUT2D eigenvalue weighted by atomic mass is 16.5. The second-order valence-corrected chi connectivity index (χ2v) is 12.4. The Morgan fingerprint density at radius 2 is 1.23 bits per heavy atom. The molecule has 0 saturated carbocycles. The fourth-order valence-electron chi connectivity index (χ4n) is 4.51. The highest BCUT2D eigenvalue weighted by Gasteiger charge is 2.18. The molecule has 0 fully saturated rings. The molecule has 0 aliphatic carbocycles. The van der Waals surface area contributed by atoms with Gasteiger partial charge in [0.25, 0.3) is 5.91 Å². The van der Waals surface area contributed by atoms with Crippen LogP contribution in [0.1, 0.15) is 101 Å². The zero-order valence-electron chi connectivity index (χ0n) is 27.3. The first kappa shape index (κ1) is 35.9. The lowest BCUT2D eigenvalue weighted by molar-refractivity contribution is -0.870. The van der Waals surface area contributed by atoms with Gasteiger partial charge in [-0.05, 0) is 81.1 Å². The Balaban J connectivity index is 1.62. The predicted octanol–water partition coefficient (Wildman–Crippen LogP) is 8.55. The number of rotatable bonds is 22. The van der Waals surface area contributed by atoms with Gasteiger partial charge in [-0.1, -0.05) is 58.3 Å². The van der Waals surface area contributed by atoms with Crippen molar-refractivity contribution >= 4 is 23.3 Å². The van der Waals surface area contributed by atoms with E-state index in [2.05, 4.69) is 43.6 Å². The molecular formula is C35H55N4O4+. The number of ether oxygens (including phenoxy) is 2. The van der Waals surface area contributed by atoms with Crippen LogP contribution in [0.15, 0.2) is 58.8 Å². The molecule has 0 aliphatic heterocycles. The molecular weight excluding hydrogens is 540 g/mol. The number of azo groups is 1. The lowest BCUT2D eigenvalue weighted by atomic mass is 10.1. The zero-order chi connectivity index (χ0) is 31.3. The van der Waals surface area contributed by atoms with Crippen molar-refractivity contribution in [2.75, 3.05) is 40.9 Å². The minimum atomic E-state index is -0.715. The van der Waals surface area contributed by atoms with Gasteiger partial charge in [-0.25, -0.2) is 4.79 Å². The molecule has 8 heteroatoms. The second-order valence-electron chi connectivity index (χ2n) is 12.4. The van der Waals surface area contributed by atoms with Crippen LogP contribution in [-0.4, -0.2) is 63.3 Å². The Bertz CT molecular complexity index is 1080. The summed E-state index contributed by atoms with van der Waals surface area (Å²) in [7, 11) is 6.78. The van der Waals surface area contributed by atoms with E-state index >= 15 is 0 Å². The number of nitrogens with zero attached hydrogens (tertiary/aromatic N) is 3. The van der Waals surface area contributed by atoms with Crippen LogP contribution in [-0.2, 0) is 9.53 Å². The molecule has 0 unspecified atom stereocenters. The fraction of sp³-hybridized carbons (Fsp3) is 0.600. The van der Waals surface area contributed by atoms with E-state index in [9.17, 15) is 9.59 Å². The summed E-state index contributed by atoms with van der Waals surface area (Å²) in [6.07, 6.45) is 14.3. The van der Waals surface area contributed by atoms with Gasteiger partial charge in [0.05, 0.1) is 52.3 Å². The summed E-state index contributed by atoms with van der Waals surface area (Å²) in [4.78, 5) is 24.6. The van der Waals surface area contributed by atoms with Crippen LogP contribution in [0, 0.1) is 0 Å². The molecule has 238 valence electrons. The van der Waals surface area contributed by atoms with Gasteiger partial charge in [0, 0.05) is 5.56 Å². The third kappa shape index (κ3) is 16.8. The molecule has 0 aromatic heterocycles. The lowest BCUT2D eigenvalue weighted by Crippen LogP contribution is -2.39. The number of unbranched alkanes of at least 4 members (excludes halogenated alkanes) is 10. The quantitative estimate of drug-likeness (QED) is 0.0639. The molecule has 0 bridgehead atoms. The number of carbonyl (C=O) groups is 2. The summed E-state index contributed by atoms with van der Waals surface area (Å²) in [5.41, 5.74) is 1.78. The largest absolute Gasteiger partial charge is 0.494 e. The van der Waals surface area contributed by atoms with Crippen LogP contribution in [0.5, 0.6) is 5.75 Å². The molecule has 0 radical (unpaired) electrons. The molecule has 1 N–H and O–H groups in total. The van der Waals surface area contributed by atoms with E-state index in [0.717, 1.165) is 54.6 Å². The van der Waals surface area contributed by atoms with Crippen molar-refractivity contribution < 1.29 is 23.5 Å². The van der Waals surface area contributed by atoms with Gasteiger partial charge in [-0.15, -0.1) is 0 Å². The Kier molecular flexibility index (Phi) is 17.2. The lowest BCUT2D eigenvalue weighted by Gasteiger charge is -2.23. The van der Waals surface area contributed by atoms with Crippen molar-refractivity contribution in [1.29, 1.82) is 0 Å². The Morgan fingerprint density at radius 3 is 1.81 bits per heavy atom. The average Bonchev–Trinajstić information content (AvgIpc) is 2.98. The number of hydrogen-bond acceptors (Lipinski definition) is 6. The molecule has 0 saturated heterocycles. The van der Waals surface area contributed by atoms with E-state index in [1.165, 1.54) is 51.5 Å². The molecule has 0 heterocycles. The maximum atomic E-state index is 12.5. The first-order chi connectivity index (χ1) is 20.7. The smallest absolute Gasteiger partial charge is 0.328 e. The molecule has 0 spiro atoms. The van der Waals surface area contributed by atoms with Crippen LogP contribution >= 0.6 is 0 Å². The molecule has 8 nitrogen and oxygen atoms in total. The number of benzene rings is 2. The highest BCUT2D eigenvalue weighted by molar-refractivity contribution is 5.96. The molecule has 43 heavy (non-hydrogen) atoms. The van der Waals surface area contributed by atoms with Gasteiger partial charge in [0.2, 0.25) is 0 Å². The Morgan fingerprint density at radius 1 is 0.721 bits per heavy atom. The third-order valence-corrected chi connectivity index (χ3v) is 7.18. The number of esters is 1. The summed E-state index contributed by atoms with van der Waals surface area (Å²) in [5, 5.41) is 11.2. The number of carbonyl (C=O) groups excluding carboxylic acids is 2. The maximum Gasteiger partial charge on any atom is 0.328 e. The fourth-order valence-corrected chi connectivity index (χ4v) is 4.51. The summed E-state index contributed by atoms with van der Waals surface area (Å²) in [5.74, 6) is 0.0757. The molecule has 1 atom stereocenters. The minimum absolute atomic E-state index is 0.337. The number of quaternary nitrogens is 1. The zero-order valence-corrected chi connectivity index (χ0v) is 27.3. The normalized spacial score (nSPS) is 12.3. The van der Waals surface area contributed by atoms with Crippen molar-refractivity contribution in [3.05, 3.63) is 54.1 Å². The van der Waals surface area contributed by atoms with Crippen molar-refractivity contribution in [3.63, 3.8) is 0 Å². The molecule has 2 aromatic carbocycles. The van der Waals surface area contributed by atoms with E-state index in [1.807, 2.05) is 24.3 Å². The van der Waals surface area contributed by atoms with Crippen molar-refractivity contribution in [3.8, 4) is 5.75 Å². The summed E-state index contributed by atoms with van der Waals surface area (Å²) >= 11 is 0. The number of amides is 1. The maximum absolute atomic E-state index is 12.5. The van der Waals surface area contributed by atoms with Gasteiger partial charge >= 0.3 is 5.97 Å². The standard InChI is InChI=1S/C35H54N4O4/c1-6-7-8-16-28-43-35(41)29(2)36-34(40)30-18-20-31(21-19-30)37-38-32-22-24-33(25-23-32)42-27-17-14-12-10-9-11-13-15-26-39(3,4)5/h18-25,29H,6-17,26-28H2,1-5H3/p+1/t29-/m0/s1. The van der Waals surface area contributed by atoms with Crippen LogP contribution in [0.25, 0.3) is 0 Å². The SMILES string of the molecule is CCCCCCOC(=O)[C@H](C)NC(=O)c1ccc(N=Nc2ccc(OCCCCCCCCCC[N+](C)(C)C)cc2)cc1. The Labute approximate surface area is 259 Å². The summed E-state index contributed by atoms with van der Waals surface area (Å²) in [6, 6.07) is 13.6. The average molecular weight is 596 g/mol. The summed E-state index contributed by atoms with van der Waals surface area (Å²) in [6.45, 7) is 6.13. The van der Waals surface area contributed by atoms with E-state index in [4.69, 9.17) is 9.47 Å². The van der Waals surface area contributed by atoms with Crippen LogP contribution in [0.4, 0.5) is 11.4 Å². The second kappa shape index (κ2) is 20.6. The predicted molar refractivity (Wildman–Crippen MR) is 174 cm³/mol. The van der Waals surface area contributed by atoms with E-state index in [1.54, 1.807) is 31.2 Å². The first-order valence-electron chi connectivity index (χ1n) is 16.2. The molecule has 2 rings (SSSR count). The van der Waals surface area contributed by atoms with Crippen molar-refractivity contribution in [2.45, 2.75) is 96.9 Å². The third-order valence-electron chi connectivity index (χ3n) is 7.18. The van der Waals surface area contributed by atoms with Crippen LogP contribution in [0.3, 0.4) is 0 Å². The van der Waals surface area contributed by atoms with Gasteiger partial charge < -0.3 is 19.3 Å². The van der Waals surface area contributed by atoms with E-state index in [-0.39, 0.29) is 5.91 Å². The van der Waals surface area contributed by atoms with Crippen LogP contribution in [0.2, 0.25) is 0 Å². The van der Waals surface area contributed by atoms with Crippen molar-refractivity contribution in [1.82, 2.24) is 5.32 Å². The monoisotopic (exact) mass is 595 g/mol. The van der Waals surface area contributed by atoms with Gasteiger partial charge in [-0.3, -0.25) is 4.79 Å². The van der Waals surface area contributed by atoms with Gasteiger partial charge in [0.15, 0.2) is 0 Å². The highest BCUT2D eigenvalue weighted by Crippen LogP contribution is 2.22. The van der Waals surface area contributed by atoms with Crippen molar-refractivity contribution in [2.24, 2.45) is 10.2 Å². The molecule has 2 aromatic rings. The van der Waals surface area contributed by atoms with Crippen LogP contribution < -0.4 is 10.1 Å².